The highest BCUT2D eigenvalue weighted by Gasteiger charge is 2.44. The Bertz CT molecular complexity index is 1310. The van der Waals surface area contributed by atoms with Gasteiger partial charge in [-0.3, -0.25) is 9.59 Å². The van der Waals surface area contributed by atoms with E-state index in [4.69, 9.17) is 30.2 Å². The average Bonchev–Trinajstić information content (AvgIpc) is 3.37. The molecule has 178 valence electrons. The van der Waals surface area contributed by atoms with Gasteiger partial charge in [-0.25, -0.2) is 0 Å². The van der Waals surface area contributed by atoms with Gasteiger partial charge in [0.15, 0.2) is 34.4 Å². The molecule has 0 fully saturated rings. The molecule has 2 heterocycles. The first-order chi connectivity index (χ1) is 16.3. The van der Waals surface area contributed by atoms with E-state index < -0.39 is 23.5 Å². The second kappa shape index (κ2) is 9.30. The van der Waals surface area contributed by atoms with Crippen molar-refractivity contribution in [3.63, 3.8) is 0 Å². The lowest BCUT2D eigenvalue weighted by Crippen LogP contribution is -2.31. The molecule has 1 aromatic heterocycles. The number of hydrogen-bond donors (Lipinski definition) is 1. The molecule has 1 N–H and O–H groups in total. The quantitative estimate of drug-likeness (QED) is 0.443. The van der Waals surface area contributed by atoms with Crippen molar-refractivity contribution in [1.82, 2.24) is 4.90 Å². The summed E-state index contributed by atoms with van der Waals surface area (Å²) in [7, 11) is 4.48. The number of ketones is 1. The van der Waals surface area contributed by atoms with Gasteiger partial charge in [0.05, 0.1) is 32.9 Å². The van der Waals surface area contributed by atoms with Crippen LogP contribution in [0.2, 0.25) is 5.02 Å². The highest BCUT2D eigenvalue weighted by molar-refractivity contribution is 6.31. The molecule has 9 heteroatoms. The summed E-state index contributed by atoms with van der Waals surface area (Å²) in [5.74, 6) is -0.589. The Morgan fingerprint density at radius 2 is 1.76 bits per heavy atom. The van der Waals surface area contributed by atoms with E-state index in [2.05, 4.69) is 0 Å². The zero-order valence-corrected chi connectivity index (χ0v) is 19.9. The molecule has 0 bridgehead atoms. The molecule has 0 spiro atoms. The van der Waals surface area contributed by atoms with Gasteiger partial charge in [-0.15, -0.1) is 0 Å². The van der Waals surface area contributed by atoms with Crippen molar-refractivity contribution in [2.75, 3.05) is 27.9 Å². The lowest BCUT2D eigenvalue weighted by Gasteiger charge is -2.26. The predicted molar refractivity (Wildman–Crippen MR) is 126 cm³/mol. The number of benzene rings is 2. The molecule has 1 atom stereocenters. The minimum atomic E-state index is -0.835. The van der Waals surface area contributed by atoms with E-state index in [0.29, 0.717) is 51.8 Å². The molecular weight excluding hydrogens is 462 g/mol. The zero-order valence-electron chi connectivity index (χ0n) is 19.2. The van der Waals surface area contributed by atoms with Crippen molar-refractivity contribution in [3.8, 4) is 17.2 Å². The molecule has 34 heavy (non-hydrogen) atoms. The van der Waals surface area contributed by atoms with Crippen molar-refractivity contribution < 1.29 is 33.3 Å². The fourth-order valence-corrected chi connectivity index (χ4v) is 4.43. The highest BCUT2D eigenvalue weighted by Crippen LogP contribution is 2.42. The van der Waals surface area contributed by atoms with E-state index in [1.54, 1.807) is 30.3 Å². The smallest absolute Gasteiger partial charge is 0.290 e. The minimum absolute atomic E-state index is 0.0475. The number of carbonyl (C=O) groups excluding carboxylic acids is 2. The molecular formula is C25H24ClNO7. The average molecular weight is 486 g/mol. The van der Waals surface area contributed by atoms with Gasteiger partial charge in [0, 0.05) is 23.0 Å². The summed E-state index contributed by atoms with van der Waals surface area (Å²) in [5.41, 5.74) is 0.853. The normalized spacial score (nSPS) is 15.9. The molecule has 1 aliphatic rings. The number of aliphatic hydroxyl groups is 1. The third-order valence-corrected chi connectivity index (χ3v) is 5.95. The zero-order chi connectivity index (χ0) is 24.6. The maximum atomic E-state index is 13.6. The van der Waals surface area contributed by atoms with Gasteiger partial charge in [-0.05, 0) is 36.2 Å². The number of halogens is 1. The Hall–Kier alpha value is -3.65. The third-order valence-electron chi connectivity index (χ3n) is 5.73. The van der Waals surface area contributed by atoms with Gasteiger partial charge in [-0.2, -0.15) is 0 Å². The summed E-state index contributed by atoms with van der Waals surface area (Å²) >= 11 is 6.14. The number of hydrogen-bond acceptors (Lipinski definition) is 7. The summed E-state index contributed by atoms with van der Waals surface area (Å²) in [6.45, 7) is 2.24. The van der Waals surface area contributed by atoms with E-state index in [1.165, 1.54) is 32.3 Å². The number of aliphatic hydroxyl groups excluding tert-OH is 1. The molecule has 0 radical (unpaired) electrons. The number of methoxy groups -OCH3 is 3. The highest BCUT2D eigenvalue weighted by atomic mass is 35.5. The summed E-state index contributed by atoms with van der Waals surface area (Å²) in [6, 6.07) is 9.01. The maximum absolute atomic E-state index is 13.6. The number of rotatable bonds is 8. The standard InChI is InChI=1S/C25H24ClNO7/c1-5-8-27-21(13-6-7-16(31-2)17(10-13)32-3)20(23(29)25(27)30)22(28)18-11-14-9-15(26)12-19(33-4)24(14)34-18/h6-7,9-12,21,29H,5,8H2,1-4H3. The van der Waals surface area contributed by atoms with Crippen LogP contribution >= 0.6 is 11.6 Å². The molecule has 2 aromatic carbocycles. The largest absolute Gasteiger partial charge is 0.503 e. The van der Waals surface area contributed by atoms with E-state index in [9.17, 15) is 14.7 Å². The topological polar surface area (TPSA) is 98.4 Å². The summed E-state index contributed by atoms with van der Waals surface area (Å²) in [4.78, 5) is 28.1. The maximum Gasteiger partial charge on any atom is 0.290 e. The van der Waals surface area contributed by atoms with E-state index in [-0.39, 0.29) is 11.3 Å². The minimum Gasteiger partial charge on any atom is -0.503 e. The SMILES string of the molecule is CCCN1C(=O)C(O)=C(C(=O)c2cc3cc(Cl)cc(OC)c3o2)C1c1ccc(OC)c(OC)c1. The Morgan fingerprint density at radius 3 is 2.41 bits per heavy atom. The number of amides is 1. The number of Topliss-reactive ketones (excluding diaryl/α,β-unsaturated/α-hetero) is 1. The van der Waals surface area contributed by atoms with Gasteiger partial charge in [-0.1, -0.05) is 24.6 Å². The lowest BCUT2D eigenvalue weighted by molar-refractivity contribution is -0.129. The predicted octanol–water partition coefficient (Wildman–Crippen LogP) is 5.10. The number of furan rings is 1. The number of ether oxygens (including phenoxy) is 3. The summed E-state index contributed by atoms with van der Waals surface area (Å²) < 4.78 is 21.8. The first-order valence-electron chi connectivity index (χ1n) is 10.6. The molecule has 4 rings (SSSR count). The second-order valence-corrected chi connectivity index (χ2v) is 8.18. The van der Waals surface area contributed by atoms with Crippen molar-refractivity contribution in [1.29, 1.82) is 0 Å². The summed E-state index contributed by atoms with van der Waals surface area (Å²) in [6.07, 6.45) is 0.630. The molecule has 3 aromatic rings. The van der Waals surface area contributed by atoms with Crippen LogP contribution in [0.5, 0.6) is 17.2 Å². The van der Waals surface area contributed by atoms with Gasteiger partial charge < -0.3 is 28.6 Å². The fraction of sp³-hybridized carbons (Fsp3) is 0.280. The van der Waals surface area contributed by atoms with Gasteiger partial charge in [0.2, 0.25) is 5.78 Å². The van der Waals surface area contributed by atoms with Crippen LogP contribution in [0.25, 0.3) is 11.0 Å². The van der Waals surface area contributed by atoms with Crippen LogP contribution in [0.3, 0.4) is 0 Å². The van der Waals surface area contributed by atoms with Crippen molar-refractivity contribution in [2.45, 2.75) is 19.4 Å². The first-order valence-corrected chi connectivity index (χ1v) is 11.0. The Balaban J connectivity index is 1.85. The van der Waals surface area contributed by atoms with Crippen LogP contribution in [0.1, 0.15) is 35.5 Å². The molecule has 0 saturated heterocycles. The number of fused-ring (bicyclic) bond motifs is 1. The second-order valence-electron chi connectivity index (χ2n) is 7.74. The van der Waals surface area contributed by atoms with Crippen LogP contribution in [-0.4, -0.2) is 49.6 Å². The van der Waals surface area contributed by atoms with Gasteiger partial charge in [0.1, 0.15) is 0 Å². The first kappa shape index (κ1) is 23.5. The van der Waals surface area contributed by atoms with Crippen LogP contribution in [-0.2, 0) is 4.79 Å². The van der Waals surface area contributed by atoms with E-state index >= 15 is 0 Å². The monoisotopic (exact) mass is 485 g/mol. The molecule has 0 aliphatic carbocycles. The van der Waals surface area contributed by atoms with Crippen LogP contribution in [0.15, 0.2) is 52.1 Å². The Labute approximate surface area is 201 Å². The molecule has 0 saturated carbocycles. The number of nitrogens with zero attached hydrogens (tertiary/aromatic N) is 1. The lowest BCUT2D eigenvalue weighted by atomic mass is 9.94. The Kier molecular flexibility index (Phi) is 6.43. The van der Waals surface area contributed by atoms with Crippen molar-refractivity contribution >= 4 is 34.3 Å². The van der Waals surface area contributed by atoms with Crippen molar-refractivity contribution in [3.05, 3.63) is 64.1 Å². The van der Waals surface area contributed by atoms with E-state index in [0.717, 1.165) is 0 Å². The van der Waals surface area contributed by atoms with Crippen LogP contribution in [0, 0.1) is 0 Å². The number of carbonyl (C=O) groups is 2. The van der Waals surface area contributed by atoms with E-state index in [1.807, 2.05) is 6.92 Å². The van der Waals surface area contributed by atoms with Crippen LogP contribution in [0.4, 0.5) is 0 Å². The van der Waals surface area contributed by atoms with Crippen LogP contribution < -0.4 is 14.2 Å². The van der Waals surface area contributed by atoms with Gasteiger partial charge in [0.25, 0.3) is 5.91 Å². The molecule has 1 amide bonds. The molecule has 8 nitrogen and oxygen atoms in total. The Morgan fingerprint density at radius 1 is 1.06 bits per heavy atom. The third kappa shape index (κ3) is 3.84. The molecule has 1 unspecified atom stereocenters. The van der Waals surface area contributed by atoms with Gasteiger partial charge >= 0.3 is 0 Å². The van der Waals surface area contributed by atoms with Crippen molar-refractivity contribution in [2.24, 2.45) is 0 Å². The summed E-state index contributed by atoms with van der Waals surface area (Å²) in [5, 5.41) is 11.8. The fourth-order valence-electron chi connectivity index (χ4n) is 4.21. The molecule has 1 aliphatic heterocycles.